The van der Waals surface area contributed by atoms with E-state index in [2.05, 4.69) is 79.8 Å². The van der Waals surface area contributed by atoms with E-state index in [1.54, 1.807) is 160 Å². The maximum atomic E-state index is 15.1. The van der Waals surface area contributed by atoms with Gasteiger partial charge < -0.3 is 128 Å². The summed E-state index contributed by atoms with van der Waals surface area (Å²) in [5.41, 5.74) is 24.9. The van der Waals surface area contributed by atoms with Crippen LogP contribution in [0.3, 0.4) is 0 Å². The lowest BCUT2D eigenvalue weighted by atomic mass is 9.94. The van der Waals surface area contributed by atoms with E-state index in [0.717, 1.165) is 4.90 Å². The molecule has 2 aliphatic heterocycles. The number of primary amides is 1. The van der Waals surface area contributed by atoms with Gasteiger partial charge in [0, 0.05) is 32.4 Å². The second-order valence-corrected chi connectivity index (χ2v) is 38.6. The number of rotatable bonds is 62. The van der Waals surface area contributed by atoms with Crippen LogP contribution in [0, 0.1) is 35.5 Å². The van der Waals surface area contributed by atoms with Crippen molar-refractivity contribution in [2.75, 3.05) is 45.9 Å². The molecule has 42 heteroatoms. The van der Waals surface area contributed by atoms with Crippen LogP contribution in [0.25, 0.3) is 0 Å². The number of carbonyl (C=O) groups excluding carboxylic acids is 18. The number of benzene rings is 3. The molecule has 0 aromatic heterocycles. The van der Waals surface area contributed by atoms with Crippen LogP contribution in [0.15, 0.2) is 91.0 Å². The molecule has 2 saturated heterocycles. The summed E-state index contributed by atoms with van der Waals surface area (Å²) in [7, 11) is 0. The Kier molecular flexibility index (Phi) is 52.3. The molecule has 0 bridgehead atoms. The fraction of sp³-hybridized carbons (Fsp3) is 0.640. The standard InChI is InChI=1S/C100H159N21O21/c1-15-59(10)80(96(138)114-75(54-122)93(135)115-76(55-123)99(141)120-45-31-41-77(120)95(137)113-70(48-57(6)7)89(131)112-74(52-66-37-25-20-26-38-66)91(133)107-67(39-27-29-43-101)87(129)119-83(63(14)124)98(140)109-69(84(104)126)47-56(4)5)117-97(139)81(60(11)16-2)116-86(128)68(40-28-30-44-102)108-94(136)78-42-32-46-121(78)100(142)82(61(12)17-3)118-92(134)71(49-58(8)9)110-85(127)62(13)105-88(130)73(51-65-35-23-19-24-36-65)111-90(132)72(106-79(125)53-103)50-64-33-21-18-22-34-64/h18-26,33-38,56-63,67-78,80-83,122-124H,15-17,27-32,39-55,101-103H2,1-14H3,(H2,104,126)(H,105,130)(H,106,125)(H,107,133)(H,108,136)(H,109,140)(H,110,127)(H,111,132)(H,112,131)(H,113,137)(H,114,138)(H,115,135)(H,116,128)(H,117,139)(H,118,134)(H,119,129)/t59?,60?,61?,62-,63?,67-,68-,69-,70-,71-,72-,73-,74-,75-,76-,77-,78-,80-,81-,82-,83-/m0/s1. The van der Waals surface area contributed by atoms with Gasteiger partial charge in [0.1, 0.15) is 103 Å². The first kappa shape index (κ1) is 120. The van der Waals surface area contributed by atoms with Crippen LogP contribution >= 0.6 is 0 Å². The lowest BCUT2D eigenvalue weighted by molar-refractivity contribution is -0.144. The second kappa shape index (κ2) is 61.7. The molecule has 0 aliphatic carbocycles. The van der Waals surface area contributed by atoms with E-state index < -0.39 is 253 Å². The van der Waals surface area contributed by atoms with Gasteiger partial charge in [-0.15, -0.1) is 0 Å². The number of nitrogens with two attached hydrogens (primary N) is 4. The zero-order valence-electron chi connectivity index (χ0n) is 84.8. The van der Waals surface area contributed by atoms with Crippen LogP contribution in [0.5, 0.6) is 0 Å². The van der Waals surface area contributed by atoms with Crippen molar-refractivity contribution in [2.24, 2.45) is 58.4 Å². The Morgan fingerprint density at radius 2 is 0.648 bits per heavy atom. The number of hydrogen-bond donors (Lipinski definition) is 22. The highest BCUT2D eigenvalue weighted by Crippen LogP contribution is 2.26. The Bertz CT molecular complexity index is 4620. The summed E-state index contributed by atoms with van der Waals surface area (Å²) in [4.78, 5) is 259. The lowest BCUT2D eigenvalue weighted by Crippen LogP contribution is -2.63. The van der Waals surface area contributed by atoms with Crippen LogP contribution in [-0.2, 0) is 106 Å². The van der Waals surface area contributed by atoms with Gasteiger partial charge in [0.05, 0.1) is 25.9 Å². The Balaban J connectivity index is 1.28. The largest absolute Gasteiger partial charge is 0.394 e. The van der Waals surface area contributed by atoms with Crippen LogP contribution < -0.4 is 103 Å². The van der Waals surface area contributed by atoms with Gasteiger partial charge in [-0.3, -0.25) is 86.3 Å². The molecule has 42 nitrogen and oxygen atoms in total. The van der Waals surface area contributed by atoms with Crippen LogP contribution in [-0.4, -0.2) is 286 Å². The molecule has 142 heavy (non-hydrogen) atoms. The normalized spacial score (nSPS) is 17.6. The minimum atomic E-state index is -1.84. The highest BCUT2D eigenvalue weighted by molar-refractivity contribution is 6.02. The summed E-state index contributed by atoms with van der Waals surface area (Å²) in [6.45, 7) is 21.6. The number of hydrogen-bond acceptors (Lipinski definition) is 24. The number of likely N-dealkylation sites (tertiary alicyclic amines) is 2. The van der Waals surface area contributed by atoms with Crippen molar-refractivity contribution in [2.45, 2.75) is 328 Å². The maximum Gasteiger partial charge on any atom is 0.248 e. The minimum Gasteiger partial charge on any atom is -0.394 e. The van der Waals surface area contributed by atoms with Gasteiger partial charge in [-0.25, -0.2) is 0 Å². The number of aliphatic hydroxyl groups is 3. The molecular formula is C100H159N21O21. The summed E-state index contributed by atoms with van der Waals surface area (Å²) in [6.07, 6.45) is 1.69. The van der Waals surface area contributed by atoms with E-state index >= 15 is 4.79 Å². The summed E-state index contributed by atoms with van der Waals surface area (Å²) in [5.74, 6) is -17.3. The topological polar surface area (TPSA) is 659 Å². The fourth-order valence-corrected chi connectivity index (χ4v) is 16.8. The summed E-state index contributed by atoms with van der Waals surface area (Å²) < 4.78 is 0. The van der Waals surface area contributed by atoms with E-state index in [1.165, 1.54) is 18.7 Å². The van der Waals surface area contributed by atoms with Crippen molar-refractivity contribution in [3.8, 4) is 0 Å². The molecule has 2 heterocycles. The van der Waals surface area contributed by atoms with Crippen molar-refractivity contribution < 1.29 is 102 Å². The van der Waals surface area contributed by atoms with E-state index in [4.69, 9.17) is 22.9 Å². The molecule has 4 unspecified atom stereocenters. The number of nitrogens with one attached hydrogen (secondary N) is 15. The molecule has 790 valence electrons. The van der Waals surface area contributed by atoms with Crippen LogP contribution in [0.1, 0.15) is 216 Å². The Morgan fingerprint density at radius 1 is 0.338 bits per heavy atom. The molecule has 0 spiro atoms. The average Bonchev–Trinajstić information content (AvgIpc) is 1.40. The summed E-state index contributed by atoms with van der Waals surface area (Å²) in [6, 6.07) is 2.78. The third-order valence-corrected chi connectivity index (χ3v) is 25.6. The molecule has 0 saturated carbocycles. The Hall–Kier alpha value is -12.1. The first-order chi connectivity index (χ1) is 67.4. The predicted octanol–water partition coefficient (Wildman–Crippen LogP) is -1.67. The van der Waals surface area contributed by atoms with Gasteiger partial charge in [-0.2, -0.15) is 0 Å². The fourth-order valence-electron chi connectivity index (χ4n) is 16.8. The van der Waals surface area contributed by atoms with Crippen molar-refractivity contribution in [1.29, 1.82) is 0 Å². The summed E-state index contributed by atoms with van der Waals surface area (Å²) in [5, 5.41) is 72.4. The smallest absolute Gasteiger partial charge is 0.248 e. The van der Waals surface area contributed by atoms with Gasteiger partial charge in [0.25, 0.3) is 0 Å². The van der Waals surface area contributed by atoms with Crippen molar-refractivity contribution in [3.05, 3.63) is 108 Å². The van der Waals surface area contributed by atoms with E-state index in [1.807, 2.05) is 13.8 Å². The minimum absolute atomic E-state index is 0.00641. The zero-order chi connectivity index (χ0) is 106. The average molecular weight is 1990 g/mol. The number of aliphatic hydroxyl groups excluding tert-OH is 3. The Morgan fingerprint density at radius 3 is 1.06 bits per heavy atom. The highest BCUT2D eigenvalue weighted by Gasteiger charge is 2.46. The predicted molar refractivity (Wildman–Crippen MR) is 531 cm³/mol. The van der Waals surface area contributed by atoms with E-state index in [9.17, 15) is 96.8 Å². The molecular weight excluding hydrogens is 1830 g/mol. The first-order valence-corrected chi connectivity index (χ1v) is 50.0. The molecule has 3 aromatic rings. The number of nitrogens with zero attached hydrogens (tertiary/aromatic N) is 2. The van der Waals surface area contributed by atoms with Gasteiger partial charge >= 0.3 is 0 Å². The van der Waals surface area contributed by atoms with Crippen molar-refractivity contribution in [3.63, 3.8) is 0 Å². The third kappa shape index (κ3) is 39.0. The molecule has 18 amide bonds. The Labute approximate surface area is 833 Å². The van der Waals surface area contributed by atoms with Crippen molar-refractivity contribution in [1.82, 2.24) is 89.6 Å². The van der Waals surface area contributed by atoms with Gasteiger partial charge in [-0.05, 0) is 163 Å². The molecule has 3 aromatic carbocycles. The van der Waals surface area contributed by atoms with E-state index in [0.29, 0.717) is 55.2 Å². The molecule has 21 atom stereocenters. The number of carbonyl (C=O) groups is 18. The SMILES string of the molecule is CCC(C)[C@H](NC(=O)[C@H](CCCCN)NC(=O)[C@@H]1CCCN1C(=O)[C@@H](NC(=O)[C@H](CC(C)C)NC(=O)[C@H](C)NC(=O)[C@H](Cc1ccccc1)NC(=O)[C@H](Cc1ccccc1)NC(=O)CN)C(C)CC)C(=O)N[C@H](C(=O)N[C@@H](CO)C(=O)N[C@@H](CO)C(=O)N1CCC[C@H]1C(=O)N[C@@H](CC(C)C)C(=O)N[C@@H](Cc1ccccc1)C(=O)N[C@@H](CCCCN)C(=O)N[C@H](C(=O)N[C@@H](CC(C)C)C(N)=O)C(C)O)C(C)CC. The maximum absolute atomic E-state index is 15.1. The number of amides is 18. The quantitative estimate of drug-likeness (QED) is 0.0281. The molecule has 0 radical (unpaired) electrons. The third-order valence-electron chi connectivity index (χ3n) is 25.6. The molecule has 2 aliphatic rings. The van der Waals surface area contributed by atoms with Gasteiger partial charge in [0.2, 0.25) is 106 Å². The van der Waals surface area contributed by atoms with Crippen LogP contribution in [0.4, 0.5) is 0 Å². The van der Waals surface area contributed by atoms with E-state index in [-0.39, 0.29) is 127 Å². The lowest BCUT2D eigenvalue weighted by Gasteiger charge is -2.33. The molecule has 5 rings (SSSR count). The number of unbranched alkanes of at least 4 members (excludes halogenated alkanes) is 2. The van der Waals surface area contributed by atoms with Gasteiger partial charge in [0.15, 0.2) is 0 Å². The second-order valence-electron chi connectivity index (χ2n) is 38.6. The van der Waals surface area contributed by atoms with Crippen LogP contribution in [0.2, 0.25) is 0 Å². The summed E-state index contributed by atoms with van der Waals surface area (Å²) >= 11 is 0. The van der Waals surface area contributed by atoms with Gasteiger partial charge in [-0.1, -0.05) is 193 Å². The highest BCUT2D eigenvalue weighted by atomic mass is 16.3. The van der Waals surface area contributed by atoms with Crippen molar-refractivity contribution >= 4 is 106 Å². The monoisotopic (exact) mass is 1990 g/mol. The zero-order valence-corrected chi connectivity index (χ0v) is 84.8. The molecule has 26 N–H and O–H groups in total. The first-order valence-electron chi connectivity index (χ1n) is 50.0. The molecule has 2 fully saturated rings.